The molecule has 0 aromatic heterocycles. The Labute approximate surface area is 259 Å². The summed E-state index contributed by atoms with van der Waals surface area (Å²) in [7, 11) is 0. The number of ether oxygens (including phenoxy) is 1. The molecule has 214 valence electrons. The van der Waals surface area contributed by atoms with Crippen LogP contribution in [0.2, 0.25) is 0 Å². The molecule has 1 atom stereocenters. The standard InChI is InChI=1S/C41H34N2O/c42-37(30-13-3-1-4-14-30)27-28-38(43)31-25-23-29(24-26-31)33-17-7-8-18-34(33)41(32-15-5-2-6-16-32)35-19-9-11-21-39(35)44-40-22-12-10-20-36(40)41/h1-6,8-16,18-28,38,42H,7,17,43H2/b28-27-,42-37?. The number of hydrogen-bond acceptors (Lipinski definition) is 3. The van der Waals surface area contributed by atoms with Crippen molar-refractivity contribution in [1.29, 1.82) is 5.41 Å². The molecule has 0 saturated carbocycles. The van der Waals surface area contributed by atoms with Crippen LogP contribution in [0, 0.1) is 5.41 Å². The molecule has 0 amide bonds. The first kappa shape index (κ1) is 27.6. The van der Waals surface area contributed by atoms with Gasteiger partial charge in [-0.25, -0.2) is 0 Å². The van der Waals surface area contributed by atoms with Crippen LogP contribution in [0.5, 0.6) is 11.5 Å². The maximum Gasteiger partial charge on any atom is 0.132 e. The van der Waals surface area contributed by atoms with Gasteiger partial charge in [0.1, 0.15) is 11.5 Å². The van der Waals surface area contributed by atoms with Crippen molar-refractivity contribution in [2.24, 2.45) is 5.73 Å². The molecule has 1 heterocycles. The first-order chi connectivity index (χ1) is 21.7. The molecule has 1 unspecified atom stereocenters. The maximum absolute atomic E-state index is 8.40. The van der Waals surface area contributed by atoms with Crippen LogP contribution < -0.4 is 10.5 Å². The van der Waals surface area contributed by atoms with Gasteiger partial charge in [-0.1, -0.05) is 140 Å². The molecule has 0 radical (unpaired) electrons. The second-order valence-corrected chi connectivity index (χ2v) is 11.3. The molecule has 1 aliphatic heterocycles. The largest absolute Gasteiger partial charge is 0.457 e. The van der Waals surface area contributed by atoms with Crippen molar-refractivity contribution in [3.63, 3.8) is 0 Å². The molecule has 0 fully saturated rings. The van der Waals surface area contributed by atoms with Crippen molar-refractivity contribution >= 4 is 11.3 Å². The zero-order valence-corrected chi connectivity index (χ0v) is 24.5. The van der Waals surface area contributed by atoms with Crippen molar-refractivity contribution in [2.45, 2.75) is 24.3 Å². The molecule has 5 aromatic rings. The van der Waals surface area contributed by atoms with E-state index in [2.05, 4.69) is 103 Å². The number of hydrogen-bond donors (Lipinski definition) is 2. The van der Waals surface area contributed by atoms with Gasteiger partial charge in [0.05, 0.1) is 11.1 Å². The van der Waals surface area contributed by atoms with Crippen LogP contribution in [0.4, 0.5) is 0 Å². The van der Waals surface area contributed by atoms with E-state index in [1.54, 1.807) is 6.08 Å². The highest BCUT2D eigenvalue weighted by Crippen LogP contribution is 2.57. The van der Waals surface area contributed by atoms with Gasteiger partial charge in [0, 0.05) is 17.2 Å². The summed E-state index contributed by atoms with van der Waals surface area (Å²) < 4.78 is 6.51. The molecular weight excluding hydrogens is 536 g/mol. The van der Waals surface area contributed by atoms with E-state index < -0.39 is 5.41 Å². The van der Waals surface area contributed by atoms with Crippen molar-refractivity contribution in [3.05, 3.63) is 197 Å². The molecule has 0 spiro atoms. The Balaban J connectivity index is 1.34. The summed E-state index contributed by atoms with van der Waals surface area (Å²) in [6.45, 7) is 0. The lowest BCUT2D eigenvalue weighted by molar-refractivity contribution is 0.434. The summed E-state index contributed by atoms with van der Waals surface area (Å²) in [5.41, 5.74) is 15.7. The molecule has 1 aliphatic carbocycles. The van der Waals surface area contributed by atoms with Crippen molar-refractivity contribution in [2.75, 3.05) is 0 Å². The van der Waals surface area contributed by atoms with Gasteiger partial charge < -0.3 is 15.9 Å². The Bertz CT molecular complexity index is 1850. The number of nitrogens with one attached hydrogen (secondary N) is 1. The van der Waals surface area contributed by atoms with E-state index in [9.17, 15) is 0 Å². The normalized spacial score (nSPS) is 15.8. The molecule has 3 N–H and O–H groups in total. The van der Waals surface area contributed by atoms with Gasteiger partial charge >= 0.3 is 0 Å². The lowest BCUT2D eigenvalue weighted by Gasteiger charge is -2.43. The topological polar surface area (TPSA) is 59.1 Å². The van der Waals surface area contributed by atoms with Crippen LogP contribution in [-0.4, -0.2) is 5.71 Å². The summed E-state index contributed by atoms with van der Waals surface area (Å²) in [5.74, 6) is 1.77. The molecule has 7 rings (SSSR count). The van der Waals surface area contributed by atoms with Crippen molar-refractivity contribution < 1.29 is 4.74 Å². The van der Waals surface area contributed by atoms with Gasteiger partial charge in [0.15, 0.2) is 0 Å². The molecule has 0 saturated heterocycles. The molecule has 3 heteroatoms. The van der Waals surface area contributed by atoms with Crippen molar-refractivity contribution in [1.82, 2.24) is 0 Å². The molecule has 5 aromatic carbocycles. The van der Waals surface area contributed by atoms with E-state index >= 15 is 0 Å². The minimum Gasteiger partial charge on any atom is -0.457 e. The number of allylic oxidation sites excluding steroid dienone is 5. The average Bonchev–Trinajstić information content (AvgIpc) is 3.10. The smallest absolute Gasteiger partial charge is 0.132 e. The lowest BCUT2D eigenvalue weighted by Crippen LogP contribution is -2.35. The third-order valence-corrected chi connectivity index (χ3v) is 8.78. The third kappa shape index (κ3) is 4.82. The average molecular weight is 571 g/mol. The van der Waals surface area contributed by atoms with Crippen LogP contribution >= 0.6 is 0 Å². The molecule has 44 heavy (non-hydrogen) atoms. The van der Waals surface area contributed by atoms with Gasteiger partial charge in [-0.15, -0.1) is 0 Å². The van der Waals surface area contributed by atoms with Crippen LogP contribution in [0.25, 0.3) is 5.57 Å². The zero-order chi connectivity index (χ0) is 29.9. The highest BCUT2D eigenvalue weighted by atomic mass is 16.5. The van der Waals surface area contributed by atoms with Gasteiger partial charge in [0.25, 0.3) is 0 Å². The van der Waals surface area contributed by atoms with E-state index in [-0.39, 0.29) is 6.04 Å². The minimum absolute atomic E-state index is 0.308. The Morgan fingerprint density at radius 3 is 1.98 bits per heavy atom. The predicted molar refractivity (Wildman–Crippen MR) is 180 cm³/mol. The second-order valence-electron chi connectivity index (χ2n) is 11.3. The van der Waals surface area contributed by atoms with E-state index in [1.807, 2.05) is 48.5 Å². The summed E-state index contributed by atoms with van der Waals surface area (Å²) in [5, 5.41) is 8.40. The maximum atomic E-state index is 8.40. The number of para-hydroxylation sites is 2. The first-order valence-corrected chi connectivity index (χ1v) is 15.2. The number of rotatable bonds is 7. The molecular formula is C41H34N2O. The Morgan fingerprint density at radius 2 is 1.32 bits per heavy atom. The second kappa shape index (κ2) is 11.8. The molecule has 3 nitrogen and oxygen atoms in total. The number of benzene rings is 5. The zero-order valence-electron chi connectivity index (χ0n) is 24.5. The number of nitrogens with two attached hydrogens (primary N) is 1. The van der Waals surface area contributed by atoms with Crippen LogP contribution in [-0.2, 0) is 5.41 Å². The lowest BCUT2D eigenvalue weighted by atomic mass is 9.61. The van der Waals surface area contributed by atoms with Crippen molar-refractivity contribution in [3.8, 4) is 11.5 Å². The summed E-state index contributed by atoms with van der Waals surface area (Å²) >= 11 is 0. The Morgan fingerprint density at radius 1 is 0.727 bits per heavy atom. The highest BCUT2D eigenvalue weighted by molar-refractivity contribution is 6.06. The fourth-order valence-corrected chi connectivity index (χ4v) is 6.69. The van der Waals surface area contributed by atoms with Gasteiger partial charge in [-0.2, -0.15) is 0 Å². The van der Waals surface area contributed by atoms with E-state index in [1.165, 1.54) is 22.3 Å². The Kier molecular flexibility index (Phi) is 7.39. The fraction of sp³-hybridized carbons (Fsp3) is 0.0976. The molecule has 0 bridgehead atoms. The summed E-state index contributed by atoms with van der Waals surface area (Å²) in [6.07, 6.45) is 10.3. The molecule has 2 aliphatic rings. The van der Waals surface area contributed by atoms with Crippen LogP contribution in [0.1, 0.15) is 52.3 Å². The van der Waals surface area contributed by atoms with Crippen LogP contribution in [0.15, 0.2) is 163 Å². The van der Waals surface area contributed by atoms with E-state index in [0.717, 1.165) is 46.6 Å². The quantitative estimate of drug-likeness (QED) is 0.191. The minimum atomic E-state index is -0.547. The van der Waals surface area contributed by atoms with E-state index in [4.69, 9.17) is 15.9 Å². The van der Waals surface area contributed by atoms with Crippen LogP contribution in [0.3, 0.4) is 0 Å². The Hall–Kier alpha value is -5.25. The fourth-order valence-electron chi connectivity index (χ4n) is 6.69. The highest BCUT2D eigenvalue weighted by Gasteiger charge is 2.47. The predicted octanol–water partition coefficient (Wildman–Crippen LogP) is 9.55. The monoisotopic (exact) mass is 570 g/mol. The van der Waals surface area contributed by atoms with Gasteiger partial charge in [-0.05, 0) is 64.5 Å². The number of fused-ring (bicyclic) bond motifs is 2. The first-order valence-electron chi connectivity index (χ1n) is 15.2. The van der Waals surface area contributed by atoms with Gasteiger partial charge in [-0.3, -0.25) is 0 Å². The SMILES string of the molecule is N=C(/C=C\C(N)c1ccc(C2=C(C3(c4ccccc4)c4ccccc4Oc4ccccc43)C=CCC2)cc1)c1ccccc1. The summed E-state index contributed by atoms with van der Waals surface area (Å²) in [4.78, 5) is 0. The van der Waals surface area contributed by atoms with Gasteiger partial charge in [0.2, 0.25) is 0 Å². The summed E-state index contributed by atoms with van der Waals surface area (Å²) in [6, 6.07) is 45.8. The third-order valence-electron chi connectivity index (χ3n) is 8.78. The van der Waals surface area contributed by atoms with E-state index in [0.29, 0.717) is 5.71 Å².